The van der Waals surface area contributed by atoms with Crippen LogP contribution in [0, 0.1) is 0 Å². The van der Waals surface area contributed by atoms with Crippen molar-refractivity contribution in [1.29, 1.82) is 0 Å². The molecule has 1 rings (SSSR count). The van der Waals surface area contributed by atoms with Gasteiger partial charge < -0.3 is 14.8 Å². The monoisotopic (exact) mass is 267 g/mol. The van der Waals surface area contributed by atoms with Crippen LogP contribution in [0.1, 0.15) is 6.92 Å². The minimum atomic E-state index is -4.54. The number of piperazine rings is 1. The Kier molecular flexibility index (Phi) is 5.29. The highest BCUT2D eigenvalue weighted by atomic mass is 32.2. The maximum absolute atomic E-state index is 11.1. The van der Waals surface area contributed by atoms with Crippen molar-refractivity contribution < 1.29 is 23.2 Å². The molecule has 2 atom stereocenters. The average molecular weight is 267 g/mol. The summed E-state index contributed by atoms with van der Waals surface area (Å²) < 4.78 is 33.2. The number of β-amino-alcohol motifs (C(OH)–C–C–N with tert-alkyl or cyclic N) is 1. The molecule has 102 valence electrons. The molecular weight excluding hydrogens is 248 g/mol. The molecule has 1 fully saturated rings. The predicted octanol–water partition coefficient (Wildman–Crippen LogP) is -2.15. The van der Waals surface area contributed by atoms with Gasteiger partial charge in [0.05, 0.1) is 12.7 Å². The highest BCUT2D eigenvalue weighted by Gasteiger charge is 2.31. The number of rotatable bonds is 5. The molecule has 1 aliphatic rings. The highest BCUT2D eigenvalue weighted by Crippen LogP contribution is 2.14. The van der Waals surface area contributed by atoms with Gasteiger partial charge in [-0.1, -0.05) is 0 Å². The molecule has 0 aliphatic carbocycles. The van der Waals surface area contributed by atoms with E-state index in [2.05, 4.69) is 0 Å². The fraction of sp³-hybridized carbons (Fsp3) is 1.00. The molecule has 0 aromatic heterocycles. The van der Waals surface area contributed by atoms with Gasteiger partial charge in [0.2, 0.25) is 0 Å². The Hall–Kier alpha value is -0.250. The standard InChI is InChI=1S/C9H20N2O5S/c1-8(13)9(17(14,15)16)11-4-2-10(3-5-11)6-7-12/h8-9,12-13H,2-7H2,1H3,(H,14,15,16)/p-1. The summed E-state index contributed by atoms with van der Waals surface area (Å²) in [6.07, 6.45) is -1.21. The first kappa shape index (κ1) is 14.8. The summed E-state index contributed by atoms with van der Waals surface area (Å²) in [5, 5.41) is 16.8. The Morgan fingerprint density at radius 3 is 2.18 bits per heavy atom. The first-order valence-electron chi connectivity index (χ1n) is 5.56. The molecule has 0 spiro atoms. The maximum atomic E-state index is 11.1. The van der Waals surface area contributed by atoms with Crippen LogP contribution in [-0.2, 0) is 10.1 Å². The highest BCUT2D eigenvalue weighted by molar-refractivity contribution is 7.86. The lowest BCUT2D eigenvalue weighted by atomic mass is 10.2. The van der Waals surface area contributed by atoms with Crippen molar-refractivity contribution in [3.63, 3.8) is 0 Å². The van der Waals surface area contributed by atoms with Crippen molar-refractivity contribution in [2.24, 2.45) is 0 Å². The van der Waals surface area contributed by atoms with Gasteiger partial charge in [0.25, 0.3) is 0 Å². The quantitative estimate of drug-likeness (QED) is 0.547. The smallest absolute Gasteiger partial charge is 0.127 e. The third-order valence-corrected chi connectivity index (χ3v) is 4.18. The number of hydrogen-bond donors (Lipinski definition) is 2. The first-order chi connectivity index (χ1) is 7.86. The zero-order valence-electron chi connectivity index (χ0n) is 9.82. The van der Waals surface area contributed by atoms with Gasteiger partial charge in [0.15, 0.2) is 0 Å². The van der Waals surface area contributed by atoms with E-state index in [-0.39, 0.29) is 6.61 Å². The van der Waals surface area contributed by atoms with Crippen LogP contribution in [0.25, 0.3) is 0 Å². The van der Waals surface area contributed by atoms with Crippen molar-refractivity contribution in [3.05, 3.63) is 0 Å². The van der Waals surface area contributed by atoms with Crippen molar-refractivity contribution in [2.45, 2.75) is 18.4 Å². The van der Waals surface area contributed by atoms with Crippen LogP contribution >= 0.6 is 0 Å². The third-order valence-electron chi connectivity index (χ3n) is 2.89. The van der Waals surface area contributed by atoms with Crippen LogP contribution < -0.4 is 0 Å². The number of aliphatic hydroxyl groups excluding tert-OH is 2. The molecule has 0 saturated carbocycles. The second-order valence-electron chi connectivity index (χ2n) is 4.23. The third kappa shape index (κ3) is 4.16. The minimum absolute atomic E-state index is 0.0552. The Morgan fingerprint density at radius 1 is 1.29 bits per heavy atom. The van der Waals surface area contributed by atoms with E-state index in [1.807, 2.05) is 4.90 Å². The Labute approximate surface area is 101 Å². The van der Waals surface area contributed by atoms with E-state index in [1.54, 1.807) is 0 Å². The molecule has 1 saturated heterocycles. The van der Waals surface area contributed by atoms with Crippen molar-refractivity contribution >= 4 is 10.1 Å². The van der Waals surface area contributed by atoms with E-state index in [0.29, 0.717) is 32.7 Å². The lowest BCUT2D eigenvalue weighted by molar-refractivity contribution is 0.0522. The van der Waals surface area contributed by atoms with E-state index in [0.717, 1.165) is 0 Å². The van der Waals surface area contributed by atoms with Gasteiger partial charge in [-0.25, -0.2) is 8.42 Å². The second-order valence-corrected chi connectivity index (χ2v) is 5.69. The zero-order chi connectivity index (χ0) is 13.1. The van der Waals surface area contributed by atoms with E-state index < -0.39 is 21.6 Å². The van der Waals surface area contributed by atoms with Gasteiger partial charge in [-0.3, -0.25) is 9.80 Å². The topological polar surface area (TPSA) is 104 Å². The van der Waals surface area contributed by atoms with E-state index in [9.17, 15) is 18.1 Å². The fourth-order valence-electron chi connectivity index (χ4n) is 2.11. The Morgan fingerprint density at radius 2 is 1.82 bits per heavy atom. The predicted molar refractivity (Wildman–Crippen MR) is 60.3 cm³/mol. The molecule has 1 aliphatic heterocycles. The summed E-state index contributed by atoms with van der Waals surface area (Å²) in [5.41, 5.74) is 0. The first-order valence-corrected chi connectivity index (χ1v) is 7.03. The van der Waals surface area contributed by atoms with Gasteiger partial charge in [-0.05, 0) is 6.92 Å². The Balaban J connectivity index is 2.62. The van der Waals surface area contributed by atoms with Crippen LogP contribution in [0.5, 0.6) is 0 Å². The van der Waals surface area contributed by atoms with Crippen LogP contribution in [0.2, 0.25) is 0 Å². The van der Waals surface area contributed by atoms with Gasteiger partial charge in [0, 0.05) is 32.7 Å². The lowest BCUT2D eigenvalue weighted by Gasteiger charge is -2.40. The summed E-state index contributed by atoms with van der Waals surface area (Å²) in [4.78, 5) is 3.47. The molecule has 0 aromatic rings. The lowest BCUT2D eigenvalue weighted by Crippen LogP contribution is -2.56. The zero-order valence-corrected chi connectivity index (χ0v) is 10.6. The molecule has 7 nitrogen and oxygen atoms in total. The average Bonchev–Trinajstić information content (AvgIpc) is 2.18. The van der Waals surface area contributed by atoms with Crippen LogP contribution in [0.15, 0.2) is 0 Å². The number of hydrogen-bond acceptors (Lipinski definition) is 7. The second kappa shape index (κ2) is 6.07. The molecule has 0 bridgehead atoms. The summed E-state index contributed by atoms with van der Waals surface area (Å²) in [6.45, 7) is 3.86. The molecule has 0 radical (unpaired) electrons. The van der Waals surface area contributed by atoms with Gasteiger partial charge in [-0.15, -0.1) is 0 Å². The van der Waals surface area contributed by atoms with Crippen LogP contribution in [0.4, 0.5) is 0 Å². The van der Waals surface area contributed by atoms with Gasteiger partial charge in [-0.2, -0.15) is 0 Å². The van der Waals surface area contributed by atoms with Crippen LogP contribution in [-0.4, -0.2) is 83.8 Å². The van der Waals surface area contributed by atoms with Crippen molar-refractivity contribution in [3.8, 4) is 0 Å². The summed E-state index contributed by atoms with van der Waals surface area (Å²) in [5.74, 6) is 0. The van der Waals surface area contributed by atoms with Crippen molar-refractivity contribution in [1.82, 2.24) is 9.80 Å². The normalized spacial score (nSPS) is 23.5. The Bertz CT molecular complexity index is 324. The minimum Gasteiger partial charge on any atom is -0.747 e. The number of nitrogens with zero attached hydrogens (tertiary/aromatic N) is 2. The summed E-state index contributed by atoms with van der Waals surface area (Å²) >= 11 is 0. The van der Waals surface area contributed by atoms with E-state index >= 15 is 0 Å². The maximum Gasteiger partial charge on any atom is 0.127 e. The molecule has 0 amide bonds. The van der Waals surface area contributed by atoms with Crippen molar-refractivity contribution in [2.75, 3.05) is 39.3 Å². The molecule has 1 heterocycles. The summed E-state index contributed by atoms with van der Waals surface area (Å²) in [7, 11) is -4.54. The molecule has 0 aromatic carbocycles. The van der Waals surface area contributed by atoms with Gasteiger partial charge >= 0.3 is 0 Å². The number of aliphatic hydroxyl groups is 2. The molecule has 2 N–H and O–H groups in total. The van der Waals surface area contributed by atoms with Crippen LogP contribution in [0.3, 0.4) is 0 Å². The molecule has 17 heavy (non-hydrogen) atoms. The molecule has 2 unspecified atom stereocenters. The van der Waals surface area contributed by atoms with E-state index in [1.165, 1.54) is 11.8 Å². The molecule has 8 heteroatoms. The van der Waals surface area contributed by atoms with E-state index in [4.69, 9.17) is 5.11 Å². The SMILES string of the molecule is CC(O)C(N1CCN(CCO)CC1)S(=O)(=O)[O-]. The molecular formula is C9H19N2O5S-. The van der Waals surface area contributed by atoms with Gasteiger partial charge in [0.1, 0.15) is 15.5 Å². The summed E-state index contributed by atoms with van der Waals surface area (Å²) in [6, 6.07) is 0. The fourth-order valence-corrected chi connectivity index (χ4v) is 3.17. The largest absolute Gasteiger partial charge is 0.747 e.